The van der Waals surface area contributed by atoms with Crippen LogP contribution in [0.25, 0.3) is 0 Å². The highest BCUT2D eigenvalue weighted by Gasteiger charge is 2.23. The fraction of sp³-hybridized carbons (Fsp3) is 0.625. The van der Waals surface area contributed by atoms with Crippen LogP contribution in [0.3, 0.4) is 0 Å². The minimum atomic E-state index is -0.916. The maximum Gasteiger partial charge on any atom is 0.125 e. The lowest BCUT2D eigenvalue weighted by molar-refractivity contribution is 0.0776. The van der Waals surface area contributed by atoms with Crippen LogP contribution < -0.4 is 5.14 Å². The summed E-state index contributed by atoms with van der Waals surface area (Å²) >= 11 is 2.54. The number of nitrogens with zero attached hydrogens (tertiary/aromatic N) is 1. The van der Waals surface area contributed by atoms with Crippen LogP contribution in [0.5, 0.6) is 0 Å². The van der Waals surface area contributed by atoms with E-state index >= 15 is 0 Å². The fourth-order valence-electron chi connectivity index (χ4n) is 0.919. The molecule has 0 aliphatic carbocycles. The van der Waals surface area contributed by atoms with Crippen LogP contribution in [0.1, 0.15) is 24.5 Å². The van der Waals surface area contributed by atoms with Gasteiger partial charge in [0.25, 0.3) is 0 Å². The van der Waals surface area contributed by atoms with Crippen molar-refractivity contribution in [1.82, 2.24) is 4.98 Å². The van der Waals surface area contributed by atoms with Crippen molar-refractivity contribution < 1.29 is 9.84 Å². The van der Waals surface area contributed by atoms with Gasteiger partial charge in [-0.15, -0.1) is 11.3 Å². The molecule has 0 aromatic carbocycles. The van der Waals surface area contributed by atoms with Crippen LogP contribution in [0.4, 0.5) is 0 Å². The first-order chi connectivity index (χ1) is 6.49. The first-order valence-electron chi connectivity index (χ1n) is 4.07. The molecule has 6 heteroatoms. The van der Waals surface area contributed by atoms with Crippen LogP contribution in [0.2, 0.25) is 0 Å². The molecule has 0 aliphatic heterocycles. The summed E-state index contributed by atoms with van der Waals surface area (Å²) in [7, 11) is 1.61. The Kier molecular flexibility index (Phi) is 3.91. The lowest BCUT2D eigenvalue weighted by Gasteiger charge is -2.12. The van der Waals surface area contributed by atoms with Crippen molar-refractivity contribution >= 4 is 23.3 Å². The Morgan fingerprint density at radius 2 is 2.29 bits per heavy atom. The maximum atomic E-state index is 9.75. The third-order valence-corrected chi connectivity index (χ3v) is 3.77. The van der Waals surface area contributed by atoms with Gasteiger partial charge in [0.1, 0.15) is 14.8 Å². The van der Waals surface area contributed by atoms with Gasteiger partial charge in [-0.3, -0.25) is 5.14 Å². The van der Waals surface area contributed by atoms with E-state index < -0.39 is 5.60 Å². The van der Waals surface area contributed by atoms with Crippen molar-refractivity contribution in [2.45, 2.75) is 30.3 Å². The zero-order valence-corrected chi connectivity index (χ0v) is 10.0. The molecule has 1 aromatic rings. The van der Waals surface area contributed by atoms with Crippen molar-refractivity contribution in [1.29, 1.82) is 0 Å². The van der Waals surface area contributed by atoms with Crippen molar-refractivity contribution in [3.63, 3.8) is 0 Å². The van der Waals surface area contributed by atoms with Gasteiger partial charge in [0, 0.05) is 7.11 Å². The summed E-state index contributed by atoms with van der Waals surface area (Å²) in [4.78, 5) is 4.28. The summed E-state index contributed by atoms with van der Waals surface area (Å²) in [5.41, 5.74) is -0.122. The lowest BCUT2D eigenvalue weighted by atomic mass is 10.2. The molecule has 0 unspecified atom stereocenters. The number of hydrogen-bond donors (Lipinski definition) is 2. The van der Waals surface area contributed by atoms with Crippen LogP contribution in [-0.4, -0.2) is 17.2 Å². The molecular formula is C8H14N2O2S2. The molecule has 0 aliphatic rings. The van der Waals surface area contributed by atoms with Gasteiger partial charge in [-0.25, -0.2) is 4.98 Å². The lowest BCUT2D eigenvalue weighted by Crippen LogP contribution is -2.15. The molecule has 0 bridgehead atoms. The van der Waals surface area contributed by atoms with Gasteiger partial charge < -0.3 is 9.84 Å². The Morgan fingerprint density at radius 1 is 1.64 bits per heavy atom. The van der Waals surface area contributed by atoms with Crippen molar-refractivity contribution in [2.24, 2.45) is 5.14 Å². The number of rotatable bonds is 4. The molecule has 3 N–H and O–H groups in total. The predicted octanol–water partition coefficient (Wildman–Crippen LogP) is 1.48. The Bertz CT molecular complexity index is 307. The predicted molar refractivity (Wildman–Crippen MR) is 58.1 cm³/mol. The molecular weight excluding hydrogens is 220 g/mol. The highest BCUT2D eigenvalue weighted by Crippen LogP contribution is 2.32. The Morgan fingerprint density at radius 3 is 2.71 bits per heavy atom. The van der Waals surface area contributed by atoms with Gasteiger partial charge >= 0.3 is 0 Å². The summed E-state index contributed by atoms with van der Waals surface area (Å²) in [6.45, 7) is 3.83. The topological polar surface area (TPSA) is 68.4 Å². The van der Waals surface area contributed by atoms with E-state index in [0.29, 0.717) is 11.6 Å². The molecule has 0 atom stereocenters. The van der Waals surface area contributed by atoms with E-state index in [1.807, 2.05) is 0 Å². The summed E-state index contributed by atoms with van der Waals surface area (Å²) in [5, 5.41) is 15.9. The third-order valence-electron chi connectivity index (χ3n) is 1.57. The number of nitrogens with two attached hydrogens (primary N) is 1. The summed E-state index contributed by atoms with van der Waals surface area (Å²) in [6.07, 6.45) is 0. The second-order valence-electron chi connectivity index (χ2n) is 3.36. The van der Waals surface area contributed by atoms with Crippen LogP contribution in [0.15, 0.2) is 4.21 Å². The molecule has 0 fully saturated rings. The quantitative estimate of drug-likeness (QED) is 0.772. The minimum Gasteiger partial charge on any atom is -0.383 e. The van der Waals surface area contributed by atoms with E-state index in [0.717, 1.165) is 21.9 Å². The Hall–Kier alpha value is -0.140. The fourth-order valence-corrected chi connectivity index (χ4v) is 2.39. The van der Waals surface area contributed by atoms with Crippen LogP contribution >= 0.6 is 23.3 Å². The number of thiazole rings is 1. The van der Waals surface area contributed by atoms with E-state index in [1.54, 1.807) is 21.0 Å². The highest BCUT2D eigenvalue weighted by atomic mass is 32.2. The highest BCUT2D eigenvalue weighted by molar-refractivity contribution is 7.99. The third kappa shape index (κ3) is 2.68. The number of aliphatic hydroxyl groups is 1. The molecule has 0 amide bonds. The van der Waals surface area contributed by atoms with E-state index in [2.05, 4.69) is 4.98 Å². The number of hydrogen-bond acceptors (Lipinski definition) is 6. The normalized spacial score (nSPS) is 12.1. The van der Waals surface area contributed by atoms with E-state index in [1.165, 1.54) is 11.3 Å². The molecule has 0 saturated heterocycles. The van der Waals surface area contributed by atoms with Gasteiger partial charge in [-0.05, 0) is 25.8 Å². The second kappa shape index (κ2) is 4.59. The Labute approximate surface area is 91.6 Å². The molecule has 80 valence electrons. The SMILES string of the molecule is COCc1nc(C(C)(C)O)sc1SN. The Balaban J connectivity index is 3.00. The first-order valence-corrected chi connectivity index (χ1v) is 5.77. The van der Waals surface area contributed by atoms with E-state index in [-0.39, 0.29) is 0 Å². The second-order valence-corrected chi connectivity index (χ2v) is 5.26. The van der Waals surface area contributed by atoms with Crippen molar-refractivity contribution in [3.8, 4) is 0 Å². The largest absolute Gasteiger partial charge is 0.383 e. The molecule has 1 aromatic heterocycles. The molecule has 14 heavy (non-hydrogen) atoms. The smallest absolute Gasteiger partial charge is 0.125 e. The molecule has 1 rings (SSSR count). The van der Waals surface area contributed by atoms with Gasteiger partial charge in [0.2, 0.25) is 0 Å². The monoisotopic (exact) mass is 234 g/mol. The standard InChI is InChI=1S/C8H14N2O2S2/c1-8(2,11)7-10-5(4-12-3)6(13-7)14-9/h11H,4,9H2,1-3H3. The molecule has 0 radical (unpaired) electrons. The van der Waals surface area contributed by atoms with Gasteiger partial charge in [-0.2, -0.15) is 0 Å². The van der Waals surface area contributed by atoms with Gasteiger partial charge in [0.05, 0.1) is 12.3 Å². The molecule has 4 nitrogen and oxygen atoms in total. The number of ether oxygens (including phenoxy) is 1. The van der Waals surface area contributed by atoms with Crippen LogP contribution in [-0.2, 0) is 16.9 Å². The van der Waals surface area contributed by atoms with Crippen molar-refractivity contribution in [3.05, 3.63) is 10.7 Å². The minimum absolute atomic E-state index is 0.423. The summed E-state index contributed by atoms with van der Waals surface area (Å²) in [5.74, 6) is 0. The number of methoxy groups -OCH3 is 1. The van der Waals surface area contributed by atoms with E-state index in [4.69, 9.17) is 9.88 Å². The molecule has 1 heterocycles. The van der Waals surface area contributed by atoms with E-state index in [9.17, 15) is 5.11 Å². The molecule has 0 spiro atoms. The summed E-state index contributed by atoms with van der Waals surface area (Å²) < 4.78 is 5.88. The average molecular weight is 234 g/mol. The van der Waals surface area contributed by atoms with Gasteiger partial charge in [-0.1, -0.05) is 0 Å². The zero-order valence-electron chi connectivity index (χ0n) is 8.40. The summed E-state index contributed by atoms with van der Waals surface area (Å²) in [6, 6.07) is 0. The van der Waals surface area contributed by atoms with Crippen LogP contribution in [0, 0.1) is 0 Å². The number of aromatic nitrogens is 1. The van der Waals surface area contributed by atoms with Gasteiger partial charge in [0.15, 0.2) is 0 Å². The maximum absolute atomic E-state index is 9.75. The molecule has 0 saturated carbocycles. The first kappa shape index (κ1) is 11.9. The average Bonchev–Trinajstić information content (AvgIpc) is 2.47. The zero-order chi connectivity index (χ0) is 10.8. The van der Waals surface area contributed by atoms with Crippen molar-refractivity contribution in [2.75, 3.05) is 7.11 Å².